The lowest BCUT2D eigenvalue weighted by atomic mass is 9.95. The van der Waals surface area contributed by atoms with Gasteiger partial charge in [-0.05, 0) is 64.8 Å². The van der Waals surface area contributed by atoms with E-state index in [-0.39, 0.29) is 30.4 Å². The molecule has 6 heteroatoms. The molecule has 0 radical (unpaired) electrons. The number of carbonyl (C=O) groups excluding carboxylic acids is 2. The molecule has 0 heterocycles. The number of hydrogen-bond donors (Lipinski definition) is 1. The van der Waals surface area contributed by atoms with E-state index in [1.165, 1.54) is 103 Å². The van der Waals surface area contributed by atoms with Crippen molar-refractivity contribution in [1.82, 2.24) is 4.90 Å². The molecule has 0 rings (SSSR count). The highest BCUT2D eigenvalue weighted by atomic mass is 16.5. The van der Waals surface area contributed by atoms with Crippen molar-refractivity contribution in [2.24, 2.45) is 11.8 Å². The van der Waals surface area contributed by atoms with Crippen molar-refractivity contribution >= 4 is 11.9 Å². The van der Waals surface area contributed by atoms with Crippen LogP contribution in [-0.4, -0.2) is 61.4 Å². The van der Waals surface area contributed by atoms with Gasteiger partial charge in [-0.15, -0.1) is 0 Å². The molecule has 0 aliphatic rings. The van der Waals surface area contributed by atoms with Gasteiger partial charge >= 0.3 is 11.9 Å². The van der Waals surface area contributed by atoms with Gasteiger partial charge in [-0.25, -0.2) is 0 Å². The first-order chi connectivity index (χ1) is 24.9. The van der Waals surface area contributed by atoms with E-state index < -0.39 is 0 Å². The summed E-state index contributed by atoms with van der Waals surface area (Å²) < 4.78 is 11.4. The molecule has 0 aliphatic heterocycles. The summed E-state index contributed by atoms with van der Waals surface area (Å²) in [6.45, 7) is 11.3. The molecule has 0 amide bonds. The fourth-order valence-corrected chi connectivity index (χ4v) is 7.34. The van der Waals surface area contributed by atoms with E-state index in [9.17, 15) is 14.7 Å². The Labute approximate surface area is 318 Å². The smallest absolute Gasteiger partial charge is 0.308 e. The van der Waals surface area contributed by atoms with Crippen molar-refractivity contribution in [3.8, 4) is 0 Å². The van der Waals surface area contributed by atoms with Crippen LogP contribution in [0.25, 0.3) is 0 Å². The molecule has 0 saturated carbocycles. The van der Waals surface area contributed by atoms with Crippen LogP contribution in [0.15, 0.2) is 0 Å². The Hall–Kier alpha value is -1.14. The molecule has 0 aromatic rings. The number of carbonyl (C=O) groups is 2. The summed E-state index contributed by atoms with van der Waals surface area (Å²) in [5.41, 5.74) is 0. The zero-order chi connectivity index (χ0) is 37.6. The second-order valence-electron chi connectivity index (χ2n) is 15.7. The molecule has 2 atom stereocenters. The lowest BCUT2D eigenvalue weighted by Crippen LogP contribution is -2.33. The largest absolute Gasteiger partial charge is 0.465 e. The van der Waals surface area contributed by atoms with Crippen LogP contribution in [0.2, 0.25) is 0 Å². The van der Waals surface area contributed by atoms with E-state index in [4.69, 9.17) is 9.47 Å². The van der Waals surface area contributed by atoms with E-state index >= 15 is 0 Å². The number of nitrogens with zero attached hydrogens (tertiary/aromatic N) is 1. The van der Waals surface area contributed by atoms with Crippen LogP contribution >= 0.6 is 0 Å². The fourth-order valence-electron chi connectivity index (χ4n) is 7.34. The van der Waals surface area contributed by atoms with Crippen molar-refractivity contribution in [2.45, 2.75) is 233 Å². The highest BCUT2D eigenvalue weighted by molar-refractivity contribution is 5.72. The van der Waals surface area contributed by atoms with Crippen molar-refractivity contribution < 1.29 is 24.2 Å². The molecule has 51 heavy (non-hydrogen) atoms. The standard InChI is InChI=1S/C45H89NO5/c1-6-10-14-24-33-41(31-12-8-3)44(48)50-39-28-22-18-16-20-26-35-43(46(5)37-30-38-47)36-27-21-17-19-23-29-40-51-45(49)42(32-13-9-4)34-25-15-11-7-2/h41-43,47H,6-40H2,1-5H3. The molecule has 0 aliphatic carbocycles. The zero-order valence-corrected chi connectivity index (χ0v) is 35.0. The first-order valence-corrected chi connectivity index (χ1v) is 22.6. The molecule has 0 saturated heterocycles. The third-order valence-corrected chi connectivity index (χ3v) is 10.9. The molecular weight excluding hydrogens is 634 g/mol. The molecule has 0 spiro atoms. The summed E-state index contributed by atoms with van der Waals surface area (Å²) in [5, 5.41) is 9.37. The minimum Gasteiger partial charge on any atom is -0.465 e. The van der Waals surface area contributed by atoms with Crippen molar-refractivity contribution in [2.75, 3.05) is 33.4 Å². The van der Waals surface area contributed by atoms with Crippen LogP contribution in [0.4, 0.5) is 0 Å². The Morgan fingerprint density at radius 3 is 1.18 bits per heavy atom. The average Bonchev–Trinajstić information content (AvgIpc) is 3.13. The Morgan fingerprint density at radius 1 is 0.451 bits per heavy atom. The molecule has 6 nitrogen and oxygen atoms in total. The highest BCUT2D eigenvalue weighted by Gasteiger charge is 2.20. The van der Waals surface area contributed by atoms with Crippen LogP contribution in [0.5, 0.6) is 0 Å². The van der Waals surface area contributed by atoms with E-state index in [2.05, 4.69) is 39.6 Å². The zero-order valence-electron chi connectivity index (χ0n) is 35.0. The van der Waals surface area contributed by atoms with Crippen molar-refractivity contribution in [3.63, 3.8) is 0 Å². The summed E-state index contributed by atoms with van der Waals surface area (Å²) in [7, 11) is 2.24. The summed E-state index contributed by atoms with van der Waals surface area (Å²) in [5.74, 6) is 0.305. The molecule has 0 bridgehead atoms. The molecule has 0 aromatic carbocycles. The number of aliphatic hydroxyl groups excluding tert-OH is 1. The number of unbranched alkanes of at least 4 members (excludes halogenated alkanes) is 18. The Balaban J connectivity index is 4.17. The maximum atomic E-state index is 12.7. The summed E-state index contributed by atoms with van der Waals surface area (Å²) in [4.78, 5) is 27.8. The molecule has 0 fully saturated rings. The summed E-state index contributed by atoms with van der Waals surface area (Å²) >= 11 is 0. The lowest BCUT2D eigenvalue weighted by Gasteiger charge is -2.28. The van der Waals surface area contributed by atoms with E-state index in [0.29, 0.717) is 19.3 Å². The second kappa shape index (κ2) is 38.6. The number of esters is 2. The Bertz CT molecular complexity index is 692. The lowest BCUT2D eigenvalue weighted by molar-refractivity contribution is -0.150. The quantitative estimate of drug-likeness (QED) is 0.0501. The van der Waals surface area contributed by atoms with Crippen molar-refractivity contribution in [1.29, 1.82) is 0 Å². The molecule has 304 valence electrons. The fraction of sp³-hybridized carbons (Fsp3) is 0.956. The van der Waals surface area contributed by atoms with E-state index in [1.807, 2.05) is 0 Å². The average molecular weight is 724 g/mol. The summed E-state index contributed by atoms with van der Waals surface area (Å²) in [6.07, 6.45) is 35.8. The van der Waals surface area contributed by atoms with Gasteiger partial charge in [0.05, 0.1) is 25.0 Å². The van der Waals surface area contributed by atoms with Gasteiger partial charge in [0.1, 0.15) is 0 Å². The molecule has 2 unspecified atom stereocenters. The van der Waals surface area contributed by atoms with Gasteiger partial charge in [0, 0.05) is 19.2 Å². The topological polar surface area (TPSA) is 76.1 Å². The number of aliphatic hydroxyl groups is 1. The van der Waals surface area contributed by atoms with Crippen LogP contribution < -0.4 is 0 Å². The first-order valence-electron chi connectivity index (χ1n) is 22.6. The van der Waals surface area contributed by atoms with Gasteiger partial charge in [0.25, 0.3) is 0 Å². The minimum atomic E-state index is 0.0495. The van der Waals surface area contributed by atoms with Crippen LogP contribution in [0.1, 0.15) is 227 Å². The second-order valence-corrected chi connectivity index (χ2v) is 15.7. The van der Waals surface area contributed by atoms with Crippen LogP contribution in [0.3, 0.4) is 0 Å². The van der Waals surface area contributed by atoms with E-state index in [0.717, 1.165) is 103 Å². The maximum absolute atomic E-state index is 12.7. The van der Waals surface area contributed by atoms with Gasteiger partial charge in [-0.1, -0.05) is 169 Å². The first kappa shape index (κ1) is 49.9. The summed E-state index contributed by atoms with van der Waals surface area (Å²) in [6, 6.07) is 0.598. The predicted octanol–water partition coefficient (Wildman–Crippen LogP) is 12.8. The Kier molecular flexibility index (Phi) is 37.7. The minimum absolute atomic E-state index is 0.0495. The normalized spacial score (nSPS) is 13.4. The number of ether oxygens (including phenoxy) is 2. The number of hydrogen-bond acceptors (Lipinski definition) is 6. The molecule has 1 N–H and O–H groups in total. The third-order valence-electron chi connectivity index (χ3n) is 10.9. The van der Waals surface area contributed by atoms with Gasteiger partial charge < -0.3 is 19.5 Å². The highest BCUT2D eigenvalue weighted by Crippen LogP contribution is 2.22. The predicted molar refractivity (Wildman–Crippen MR) is 218 cm³/mol. The maximum Gasteiger partial charge on any atom is 0.308 e. The molecular formula is C45H89NO5. The van der Waals surface area contributed by atoms with Crippen LogP contribution in [0, 0.1) is 11.8 Å². The SMILES string of the molecule is CCCCCCC(CCCC)C(=O)OCCCCCCCCC(CCCCCCCCOC(=O)C(CCCC)CCCCCC)N(C)CCCO. The van der Waals surface area contributed by atoms with Gasteiger partial charge in [0.2, 0.25) is 0 Å². The van der Waals surface area contributed by atoms with E-state index in [1.54, 1.807) is 0 Å². The Morgan fingerprint density at radius 2 is 0.784 bits per heavy atom. The van der Waals surface area contributed by atoms with Gasteiger partial charge in [-0.2, -0.15) is 0 Å². The number of rotatable bonds is 40. The van der Waals surface area contributed by atoms with Gasteiger partial charge in [0.15, 0.2) is 0 Å². The third kappa shape index (κ3) is 31.0. The van der Waals surface area contributed by atoms with Crippen molar-refractivity contribution in [3.05, 3.63) is 0 Å². The monoisotopic (exact) mass is 724 g/mol. The molecule has 0 aromatic heterocycles. The van der Waals surface area contributed by atoms with Crippen LogP contribution in [-0.2, 0) is 19.1 Å². The van der Waals surface area contributed by atoms with Gasteiger partial charge in [-0.3, -0.25) is 9.59 Å².